The van der Waals surface area contributed by atoms with Crippen molar-refractivity contribution in [1.82, 2.24) is 14.7 Å². The number of anilines is 1. The maximum absolute atomic E-state index is 12.0. The number of rotatable bonds is 6. The average Bonchev–Trinajstić information content (AvgIpc) is 2.98. The van der Waals surface area contributed by atoms with Crippen LogP contribution in [0.4, 0.5) is 5.95 Å². The molecule has 0 saturated carbocycles. The summed E-state index contributed by atoms with van der Waals surface area (Å²) in [7, 11) is -1.73. The number of aromatic nitrogens is 2. The number of fused-ring (bicyclic) bond motifs is 1. The van der Waals surface area contributed by atoms with Gasteiger partial charge in [0, 0.05) is 25.5 Å². The second-order valence-corrected chi connectivity index (χ2v) is 8.38. The van der Waals surface area contributed by atoms with Gasteiger partial charge in [0.05, 0.1) is 17.1 Å². The monoisotopic (exact) mass is 442 g/mol. The Kier molecular flexibility index (Phi) is 8.69. The van der Waals surface area contributed by atoms with Crippen molar-refractivity contribution in [1.29, 1.82) is 0 Å². The molecule has 0 fully saturated rings. The smallest absolute Gasteiger partial charge is 0.341 e. The van der Waals surface area contributed by atoms with E-state index in [1.165, 1.54) is 12.4 Å². The van der Waals surface area contributed by atoms with Gasteiger partial charge in [-0.3, -0.25) is 0 Å². The predicted molar refractivity (Wildman–Crippen MR) is 120 cm³/mol. The quantitative estimate of drug-likeness (QED) is 0.513. The van der Waals surface area contributed by atoms with Gasteiger partial charge in [0.25, 0.3) is 0 Å². The summed E-state index contributed by atoms with van der Waals surface area (Å²) in [6.07, 6.45) is 10.2. The molecule has 164 valence electrons. The van der Waals surface area contributed by atoms with Crippen molar-refractivity contribution in [3.63, 3.8) is 0 Å². The molecule has 1 aliphatic carbocycles. The number of carbonyl (C=O) groups excluding carboxylic acids is 1. The standard InChI is InChI=1S/C14H15NO2S.C8H11N3O2/c1-11(2)15-18(16,17)14-9-8-12-6-4-3-5-7-13(12)10-14;1-3-13-7(12)6-4-10-8(9-2)11-5-6/h4-11,15H,1-2H3;4-5H,3H2,1-2H3,(H,9,10,11). The van der Waals surface area contributed by atoms with Crippen LogP contribution < -0.4 is 20.5 Å². The normalized spacial score (nSPS) is 11.9. The maximum atomic E-state index is 12.0. The fourth-order valence-electron chi connectivity index (χ4n) is 2.50. The summed E-state index contributed by atoms with van der Waals surface area (Å²) in [5.41, 5.74) is 3.32. The molecule has 0 amide bonds. The number of sulfonamides is 1. The van der Waals surface area contributed by atoms with Gasteiger partial charge < -0.3 is 10.1 Å². The SMILES string of the molecule is CC(C)NS(=O)(=O)c1ccc2c(c1)=CC=C=CC=2.CCOC(=O)c1cnc(NC)nc1. The Hall–Kier alpha value is -3.26. The fourth-order valence-corrected chi connectivity index (χ4v) is 3.79. The summed E-state index contributed by atoms with van der Waals surface area (Å²) in [5, 5.41) is 4.61. The van der Waals surface area contributed by atoms with Crippen molar-refractivity contribution in [2.45, 2.75) is 31.7 Å². The Labute approximate surface area is 182 Å². The molecule has 2 N–H and O–H groups in total. The first-order chi connectivity index (χ1) is 14.8. The zero-order valence-electron chi connectivity index (χ0n) is 17.9. The molecule has 8 nitrogen and oxygen atoms in total. The number of ether oxygens (including phenoxy) is 1. The van der Waals surface area contributed by atoms with E-state index in [1.54, 1.807) is 52.1 Å². The number of carbonyl (C=O) groups is 1. The van der Waals surface area contributed by atoms with Crippen LogP contribution in [0.15, 0.2) is 53.4 Å². The molecule has 1 aliphatic rings. The Balaban J connectivity index is 0.000000233. The number of esters is 1. The van der Waals surface area contributed by atoms with Gasteiger partial charge >= 0.3 is 5.97 Å². The van der Waals surface area contributed by atoms with Crippen LogP contribution in [0, 0.1) is 0 Å². The van der Waals surface area contributed by atoms with Crippen LogP contribution in [0.3, 0.4) is 0 Å². The lowest BCUT2D eigenvalue weighted by Gasteiger charge is -2.09. The Bertz CT molecular complexity index is 1200. The Morgan fingerprint density at radius 1 is 1.13 bits per heavy atom. The summed E-state index contributed by atoms with van der Waals surface area (Å²) >= 11 is 0. The highest BCUT2D eigenvalue weighted by molar-refractivity contribution is 7.89. The lowest BCUT2D eigenvalue weighted by Crippen LogP contribution is -2.32. The van der Waals surface area contributed by atoms with Crippen LogP contribution >= 0.6 is 0 Å². The summed E-state index contributed by atoms with van der Waals surface area (Å²) < 4.78 is 31.4. The highest BCUT2D eigenvalue weighted by atomic mass is 32.2. The summed E-state index contributed by atoms with van der Waals surface area (Å²) in [6, 6.07) is 4.98. The molecule has 0 atom stereocenters. The van der Waals surface area contributed by atoms with Gasteiger partial charge in [-0.2, -0.15) is 0 Å². The van der Waals surface area contributed by atoms with Gasteiger partial charge in [-0.05, 0) is 67.6 Å². The maximum Gasteiger partial charge on any atom is 0.341 e. The third-order valence-electron chi connectivity index (χ3n) is 3.86. The van der Waals surface area contributed by atoms with Crippen molar-refractivity contribution in [2.75, 3.05) is 19.0 Å². The third kappa shape index (κ3) is 7.18. The van der Waals surface area contributed by atoms with Crippen LogP contribution in [-0.2, 0) is 14.8 Å². The lowest BCUT2D eigenvalue weighted by atomic mass is 10.2. The minimum Gasteiger partial charge on any atom is -0.462 e. The first kappa shape index (κ1) is 24.0. The zero-order valence-corrected chi connectivity index (χ0v) is 18.7. The number of nitrogens with zero attached hydrogens (tertiary/aromatic N) is 2. The first-order valence-corrected chi connectivity index (χ1v) is 11.2. The van der Waals surface area contributed by atoms with Gasteiger partial charge in [-0.15, -0.1) is 5.73 Å². The Morgan fingerprint density at radius 3 is 2.35 bits per heavy atom. The largest absolute Gasteiger partial charge is 0.462 e. The molecule has 0 radical (unpaired) electrons. The van der Waals surface area contributed by atoms with E-state index < -0.39 is 16.0 Å². The second-order valence-electron chi connectivity index (χ2n) is 6.67. The predicted octanol–water partition coefficient (Wildman–Crippen LogP) is 1.35. The molecule has 31 heavy (non-hydrogen) atoms. The van der Waals surface area contributed by atoms with E-state index in [-0.39, 0.29) is 10.9 Å². The van der Waals surface area contributed by atoms with Crippen molar-refractivity contribution >= 4 is 34.1 Å². The van der Waals surface area contributed by atoms with E-state index in [0.29, 0.717) is 18.1 Å². The van der Waals surface area contributed by atoms with Gasteiger partial charge in [0.2, 0.25) is 16.0 Å². The minimum atomic E-state index is -3.43. The molecule has 1 aromatic heterocycles. The van der Waals surface area contributed by atoms with E-state index in [0.717, 1.165) is 10.4 Å². The molecule has 0 bridgehead atoms. The van der Waals surface area contributed by atoms with E-state index >= 15 is 0 Å². The molecule has 1 aromatic carbocycles. The summed E-state index contributed by atoms with van der Waals surface area (Å²) in [6.45, 7) is 5.70. The van der Waals surface area contributed by atoms with E-state index in [1.807, 2.05) is 18.2 Å². The van der Waals surface area contributed by atoms with Crippen molar-refractivity contribution in [2.24, 2.45) is 0 Å². The number of nitrogens with one attached hydrogen (secondary N) is 2. The first-order valence-electron chi connectivity index (χ1n) is 9.69. The van der Waals surface area contributed by atoms with Gasteiger partial charge in [-0.25, -0.2) is 27.9 Å². The topological polar surface area (TPSA) is 110 Å². The van der Waals surface area contributed by atoms with Crippen molar-refractivity contribution < 1.29 is 17.9 Å². The molecule has 9 heteroatoms. The lowest BCUT2D eigenvalue weighted by molar-refractivity contribution is 0.0525. The van der Waals surface area contributed by atoms with Gasteiger partial charge in [0.15, 0.2) is 0 Å². The zero-order chi connectivity index (χ0) is 22.9. The summed E-state index contributed by atoms with van der Waals surface area (Å²) in [5.74, 6) is 0.0817. The van der Waals surface area contributed by atoms with E-state index in [2.05, 4.69) is 25.7 Å². The van der Waals surface area contributed by atoms with Crippen LogP contribution in [0.2, 0.25) is 0 Å². The van der Waals surface area contributed by atoms with E-state index in [9.17, 15) is 13.2 Å². The molecule has 0 unspecified atom stereocenters. The molecular formula is C22H26N4O4S. The summed E-state index contributed by atoms with van der Waals surface area (Å²) in [4.78, 5) is 19.2. The van der Waals surface area contributed by atoms with Crippen molar-refractivity contribution in [3.8, 4) is 0 Å². The molecule has 0 spiro atoms. The van der Waals surface area contributed by atoms with E-state index in [4.69, 9.17) is 4.74 Å². The average molecular weight is 443 g/mol. The fraction of sp³-hybridized carbons (Fsp3) is 0.273. The second kappa shape index (κ2) is 11.2. The van der Waals surface area contributed by atoms with Gasteiger partial charge in [-0.1, -0.05) is 6.07 Å². The molecular weight excluding hydrogens is 416 g/mol. The van der Waals surface area contributed by atoms with Crippen LogP contribution in [-0.4, -0.2) is 44.1 Å². The molecule has 2 aromatic rings. The molecule has 1 heterocycles. The number of benzene rings is 1. The molecule has 0 saturated heterocycles. The third-order valence-corrected chi connectivity index (χ3v) is 5.52. The van der Waals surface area contributed by atoms with Crippen LogP contribution in [0.25, 0.3) is 12.2 Å². The number of hydrogen-bond donors (Lipinski definition) is 2. The molecule has 3 rings (SSSR count). The highest BCUT2D eigenvalue weighted by Gasteiger charge is 2.14. The molecule has 0 aliphatic heterocycles. The minimum absolute atomic E-state index is 0.120. The number of hydrogen-bond acceptors (Lipinski definition) is 7. The van der Waals surface area contributed by atoms with Crippen molar-refractivity contribution in [3.05, 3.63) is 64.5 Å². The number of allylic oxidation sites excluding steroid dienone is 1. The van der Waals surface area contributed by atoms with Gasteiger partial charge in [0.1, 0.15) is 0 Å². The van der Waals surface area contributed by atoms with Crippen LogP contribution in [0.1, 0.15) is 31.1 Å². The highest BCUT2D eigenvalue weighted by Crippen LogP contribution is 2.05. The Morgan fingerprint density at radius 2 is 1.77 bits per heavy atom. The van der Waals surface area contributed by atoms with Crippen LogP contribution in [0.5, 0.6) is 0 Å².